The Morgan fingerprint density at radius 3 is 2.89 bits per heavy atom. The standard InChI is InChI=1S/C15H19NO3/c1-11-5-6-12(2)13(8-11)10-19-15(18)16-7-3-4-14(17)9-16/h5-6,8H,3-4,7,9-10H2,1-2H3. The van der Waals surface area contributed by atoms with Crippen LogP contribution in [0, 0.1) is 13.8 Å². The van der Waals surface area contributed by atoms with Gasteiger partial charge in [0.05, 0.1) is 6.54 Å². The second kappa shape index (κ2) is 5.87. The van der Waals surface area contributed by atoms with Gasteiger partial charge in [0.15, 0.2) is 5.78 Å². The number of benzene rings is 1. The van der Waals surface area contributed by atoms with Gasteiger partial charge in [0.1, 0.15) is 6.61 Å². The van der Waals surface area contributed by atoms with Gasteiger partial charge in [-0.05, 0) is 31.4 Å². The van der Waals surface area contributed by atoms with E-state index in [1.54, 1.807) is 0 Å². The van der Waals surface area contributed by atoms with Crippen molar-refractivity contribution in [3.05, 3.63) is 34.9 Å². The van der Waals surface area contributed by atoms with Crippen LogP contribution < -0.4 is 0 Å². The maximum absolute atomic E-state index is 11.9. The normalized spacial score (nSPS) is 15.5. The predicted molar refractivity (Wildman–Crippen MR) is 71.9 cm³/mol. The number of Topliss-reactive ketones (excluding diaryl/α,β-unsaturated/α-hetero) is 1. The van der Waals surface area contributed by atoms with E-state index in [0.29, 0.717) is 13.0 Å². The zero-order chi connectivity index (χ0) is 13.8. The molecule has 1 aliphatic rings. The summed E-state index contributed by atoms with van der Waals surface area (Å²) in [7, 11) is 0. The number of nitrogens with zero attached hydrogens (tertiary/aromatic N) is 1. The highest BCUT2D eigenvalue weighted by Gasteiger charge is 2.22. The molecule has 4 heteroatoms. The Hall–Kier alpha value is -1.84. The van der Waals surface area contributed by atoms with E-state index in [9.17, 15) is 9.59 Å². The summed E-state index contributed by atoms with van der Waals surface area (Å²) in [6.07, 6.45) is 0.909. The lowest BCUT2D eigenvalue weighted by Crippen LogP contribution is -2.40. The lowest BCUT2D eigenvalue weighted by Gasteiger charge is -2.25. The maximum Gasteiger partial charge on any atom is 0.410 e. The minimum atomic E-state index is -0.394. The van der Waals surface area contributed by atoms with E-state index in [-0.39, 0.29) is 18.9 Å². The smallest absolute Gasteiger partial charge is 0.410 e. The molecule has 0 bridgehead atoms. The zero-order valence-corrected chi connectivity index (χ0v) is 11.4. The highest BCUT2D eigenvalue weighted by Crippen LogP contribution is 2.13. The molecule has 0 unspecified atom stereocenters. The summed E-state index contributed by atoms with van der Waals surface area (Å²) in [6, 6.07) is 6.07. The van der Waals surface area contributed by atoms with Gasteiger partial charge in [-0.1, -0.05) is 23.8 Å². The highest BCUT2D eigenvalue weighted by atomic mass is 16.6. The number of likely N-dealkylation sites (tertiary alicyclic amines) is 1. The van der Waals surface area contributed by atoms with Crippen molar-refractivity contribution in [3.8, 4) is 0 Å². The molecule has 1 aromatic rings. The number of ether oxygens (including phenoxy) is 1. The van der Waals surface area contributed by atoms with Crippen molar-refractivity contribution in [2.75, 3.05) is 13.1 Å². The third-order valence-corrected chi connectivity index (χ3v) is 3.36. The number of rotatable bonds is 2. The predicted octanol–water partition coefficient (Wildman–Crippen LogP) is 2.60. The van der Waals surface area contributed by atoms with Gasteiger partial charge in [0.2, 0.25) is 0 Å². The molecule has 1 aromatic carbocycles. The van der Waals surface area contributed by atoms with Crippen LogP contribution >= 0.6 is 0 Å². The van der Waals surface area contributed by atoms with E-state index < -0.39 is 6.09 Å². The van der Waals surface area contributed by atoms with E-state index in [4.69, 9.17) is 4.74 Å². The summed E-state index contributed by atoms with van der Waals surface area (Å²) in [5.74, 6) is 0.106. The van der Waals surface area contributed by atoms with Crippen molar-refractivity contribution in [2.24, 2.45) is 0 Å². The minimum absolute atomic E-state index is 0.106. The number of aryl methyl sites for hydroxylation is 2. The second-order valence-electron chi connectivity index (χ2n) is 5.05. The molecule has 0 aromatic heterocycles. The maximum atomic E-state index is 11.9. The molecular formula is C15H19NO3. The van der Waals surface area contributed by atoms with Crippen molar-refractivity contribution in [1.29, 1.82) is 0 Å². The summed E-state index contributed by atoms with van der Waals surface area (Å²) < 4.78 is 5.29. The number of ketones is 1. The Morgan fingerprint density at radius 2 is 2.16 bits per heavy atom. The van der Waals surface area contributed by atoms with Crippen LogP contribution in [0.3, 0.4) is 0 Å². The van der Waals surface area contributed by atoms with Crippen molar-refractivity contribution in [1.82, 2.24) is 4.90 Å². The molecule has 2 rings (SSSR count). The first kappa shape index (κ1) is 13.6. The molecule has 102 valence electrons. The van der Waals surface area contributed by atoms with Crippen molar-refractivity contribution in [2.45, 2.75) is 33.3 Å². The SMILES string of the molecule is Cc1ccc(C)c(COC(=O)N2CCCC(=O)C2)c1. The monoisotopic (exact) mass is 261 g/mol. The Kier molecular flexibility index (Phi) is 4.20. The minimum Gasteiger partial charge on any atom is -0.445 e. The number of amides is 1. The van der Waals surface area contributed by atoms with Gasteiger partial charge in [0, 0.05) is 13.0 Å². The van der Waals surface area contributed by atoms with Crippen LogP contribution in [0.5, 0.6) is 0 Å². The molecule has 1 heterocycles. The van der Waals surface area contributed by atoms with Crippen molar-refractivity contribution in [3.63, 3.8) is 0 Å². The summed E-state index contributed by atoms with van der Waals surface area (Å²) in [5.41, 5.74) is 3.26. The molecule has 1 amide bonds. The van der Waals surface area contributed by atoms with Gasteiger partial charge in [-0.3, -0.25) is 4.79 Å². The molecular weight excluding hydrogens is 242 g/mol. The van der Waals surface area contributed by atoms with Crippen molar-refractivity contribution < 1.29 is 14.3 Å². The van der Waals surface area contributed by atoms with Crippen LogP contribution in [0.15, 0.2) is 18.2 Å². The molecule has 1 saturated heterocycles. The topological polar surface area (TPSA) is 46.6 Å². The molecule has 0 aliphatic carbocycles. The van der Waals surface area contributed by atoms with Crippen molar-refractivity contribution >= 4 is 11.9 Å². The van der Waals surface area contributed by atoms with Gasteiger partial charge in [0.25, 0.3) is 0 Å². The molecule has 19 heavy (non-hydrogen) atoms. The van der Waals surface area contributed by atoms with E-state index in [1.807, 2.05) is 32.0 Å². The first-order valence-corrected chi connectivity index (χ1v) is 6.56. The fraction of sp³-hybridized carbons (Fsp3) is 0.467. The number of carbonyl (C=O) groups is 2. The Morgan fingerprint density at radius 1 is 1.37 bits per heavy atom. The van der Waals surface area contributed by atoms with Gasteiger partial charge in [-0.15, -0.1) is 0 Å². The third kappa shape index (κ3) is 3.56. The molecule has 0 spiro atoms. The molecule has 0 N–H and O–H groups in total. The molecule has 1 aliphatic heterocycles. The third-order valence-electron chi connectivity index (χ3n) is 3.36. The molecule has 4 nitrogen and oxygen atoms in total. The average Bonchev–Trinajstić information content (AvgIpc) is 2.39. The molecule has 0 radical (unpaired) electrons. The summed E-state index contributed by atoms with van der Waals surface area (Å²) in [4.78, 5) is 24.6. The van der Waals surface area contributed by atoms with Crippen LogP contribution in [0.25, 0.3) is 0 Å². The first-order chi connectivity index (χ1) is 9.06. The number of hydrogen-bond donors (Lipinski definition) is 0. The van der Waals surface area contributed by atoms with E-state index in [1.165, 1.54) is 4.90 Å². The average molecular weight is 261 g/mol. The second-order valence-corrected chi connectivity index (χ2v) is 5.05. The van der Waals surface area contributed by atoms with Crippen LogP contribution in [0.4, 0.5) is 4.79 Å². The Labute approximate surface area is 113 Å². The Bertz CT molecular complexity index is 496. The largest absolute Gasteiger partial charge is 0.445 e. The van der Waals surface area contributed by atoms with Crippen LogP contribution in [0.1, 0.15) is 29.5 Å². The van der Waals surface area contributed by atoms with Gasteiger partial charge in [-0.2, -0.15) is 0 Å². The van der Waals surface area contributed by atoms with Crippen LogP contribution in [-0.4, -0.2) is 29.9 Å². The van der Waals surface area contributed by atoms with Crippen LogP contribution in [0.2, 0.25) is 0 Å². The first-order valence-electron chi connectivity index (χ1n) is 6.56. The molecule has 0 atom stereocenters. The van der Waals surface area contributed by atoms with Gasteiger partial charge >= 0.3 is 6.09 Å². The quantitative estimate of drug-likeness (QED) is 0.822. The van der Waals surface area contributed by atoms with Gasteiger partial charge < -0.3 is 9.64 Å². The van der Waals surface area contributed by atoms with Crippen LogP contribution in [-0.2, 0) is 16.1 Å². The number of hydrogen-bond acceptors (Lipinski definition) is 3. The fourth-order valence-electron chi connectivity index (χ4n) is 2.18. The Balaban J connectivity index is 1.92. The number of carbonyl (C=O) groups excluding carboxylic acids is 2. The summed E-state index contributed by atoms with van der Waals surface area (Å²) in [5, 5.41) is 0. The lowest BCUT2D eigenvalue weighted by molar-refractivity contribution is -0.121. The molecule has 1 fully saturated rings. The summed E-state index contributed by atoms with van der Waals surface area (Å²) >= 11 is 0. The highest BCUT2D eigenvalue weighted by molar-refractivity contribution is 5.85. The fourth-order valence-corrected chi connectivity index (χ4v) is 2.18. The number of piperidine rings is 1. The van der Waals surface area contributed by atoms with E-state index >= 15 is 0 Å². The summed E-state index contributed by atoms with van der Waals surface area (Å²) in [6.45, 7) is 5.06. The van der Waals surface area contributed by atoms with E-state index in [2.05, 4.69) is 0 Å². The zero-order valence-electron chi connectivity index (χ0n) is 11.4. The lowest BCUT2D eigenvalue weighted by atomic mass is 10.1. The molecule has 0 saturated carbocycles. The van der Waals surface area contributed by atoms with Gasteiger partial charge in [-0.25, -0.2) is 4.79 Å². The van der Waals surface area contributed by atoms with E-state index in [0.717, 1.165) is 23.1 Å².